The molecule has 78 valence electrons. The van der Waals surface area contributed by atoms with Crippen molar-refractivity contribution in [3.05, 3.63) is 0 Å². The molecule has 1 heterocycles. The summed E-state index contributed by atoms with van der Waals surface area (Å²) < 4.78 is 10.7. The van der Waals surface area contributed by atoms with Gasteiger partial charge in [0.05, 0.1) is 19.8 Å². The number of nitrogens with zero attached hydrogens (tertiary/aromatic N) is 1. The van der Waals surface area contributed by atoms with Crippen molar-refractivity contribution < 1.29 is 9.47 Å². The number of hydrogen-bond acceptors (Lipinski definition) is 4. The first-order valence-electron chi connectivity index (χ1n) is 4.92. The van der Waals surface area contributed by atoms with Gasteiger partial charge in [0.15, 0.2) is 0 Å². The topological polar surface area (TPSA) is 21.7 Å². The second kappa shape index (κ2) is 7.62. The van der Waals surface area contributed by atoms with Gasteiger partial charge in [-0.15, -0.1) is 0 Å². The van der Waals surface area contributed by atoms with E-state index in [4.69, 9.17) is 9.47 Å². The Bertz CT molecular complexity index is 116. The van der Waals surface area contributed by atoms with Crippen molar-refractivity contribution in [3.63, 3.8) is 0 Å². The number of rotatable bonds is 5. The zero-order valence-electron chi connectivity index (χ0n) is 8.07. The van der Waals surface area contributed by atoms with Gasteiger partial charge >= 0.3 is 0 Å². The van der Waals surface area contributed by atoms with Crippen LogP contribution in [0.5, 0.6) is 0 Å². The normalized spacial score (nSPS) is 20.1. The molecule has 0 bridgehead atoms. The molecule has 0 atom stereocenters. The van der Waals surface area contributed by atoms with Crippen LogP contribution in [0.4, 0.5) is 0 Å². The van der Waals surface area contributed by atoms with Crippen molar-refractivity contribution >= 4 is 12.6 Å². The van der Waals surface area contributed by atoms with Crippen LogP contribution in [0.15, 0.2) is 0 Å². The van der Waals surface area contributed by atoms with Gasteiger partial charge in [-0.2, -0.15) is 12.6 Å². The molecule has 0 saturated carbocycles. The van der Waals surface area contributed by atoms with E-state index >= 15 is 0 Å². The fourth-order valence-electron chi connectivity index (χ4n) is 1.38. The molecule has 1 saturated heterocycles. The van der Waals surface area contributed by atoms with Crippen molar-refractivity contribution in [2.75, 3.05) is 51.8 Å². The van der Waals surface area contributed by atoms with Gasteiger partial charge in [-0.3, -0.25) is 4.90 Å². The van der Waals surface area contributed by atoms with Gasteiger partial charge in [-0.1, -0.05) is 0 Å². The third-order valence-corrected chi connectivity index (χ3v) is 2.28. The first-order valence-corrected chi connectivity index (χ1v) is 5.55. The van der Waals surface area contributed by atoms with E-state index in [1.165, 1.54) is 0 Å². The van der Waals surface area contributed by atoms with Crippen molar-refractivity contribution in [2.24, 2.45) is 0 Å². The highest BCUT2D eigenvalue weighted by Gasteiger charge is 2.07. The van der Waals surface area contributed by atoms with Crippen LogP contribution >= 0.6 is 12.6 Å². The molecule has 0 amide bonds. The Balaban J connectivity index is 1.98. The van der Waals surface area contributed by atoms with Gasteiger partial charge in [-0.05, 0) is 6.42 Å². The van der Waals surface area contributed by atoms with Crippen molar-refractivity contribution in [1.29, 1.82) is 0 Å². The SMILES string of the molecule is SCCOCCN1CCCOCC1. The molecule has 13 heavy (non-hydrogen) atoms. The maximum absolute atomic E-state index is 5.37. The fraction of sp³-hybridized carbons (Fsp3) is 1.00. The van der Waals surface area contributed by atoms with Crippen molar-refractivity contribution in [1.82, 2.24) is 4.90 Å². The van der Waals surface area contributed by atoms with E-state index in [0.29, 0.717) is 0 Å². The predicted molar refractivity (Wildman–Crippen MR) is 56.5 cm³/mol. The van der Waals surface area contributed by atoms with Gasteiger partial charge in [-0.25, -0.2) is 0 Å². The highest BCUT2D eigenvalue weighted by molar-refractivity contribution is 7.80. The zero-order chi connectivity index (χ0) is 9.36. The minimum Gasteiger partial charge on any atom is -0.380 e. The van der Waals surface area contributed by atoms with Crippen LogP contribution in [-0.2, 0) is 9.47 Å². The van der Waals surface area contributed by atoms with E-state index < -0.39 is 0 Å². The molecular formula is C9H19NO2S. The molecule has 0 aromatic rings. The number of hydrogen-bond donors (Lipinski definition) is 1. The molecule has 1 rings (SSSR count). The monoisotopic (exact) mass is 205 g/mol. The van der Waals surface area contributed by atoms with Gasteiger partial charge in [0.25, 0.3) is 0 Å². The molecule has 0 N–H and O–H groups in total. The summed E-state index contributed by atoms with van der Waals surface area (Å²) in [6, 6.07) is 0. The van der Waals surface area contributed by atoms with Crippen LogP contribution in [0.2, 0.25) is 0 Å². The molecule has 1 fully saturated rings. The van der Waals surface area contributed by atoms with E-state index in [1.54, 1.807) is 0 Å². The summed E-state index contributed by atoms with van der Waals surface area (Å²) in [5, 5.41) is 0. The Morgan fingerprint density at radius 1 is 1.23 bits per heavy atom. The first-order chi connectivity index (χ1) is 6.43. The molecule has 3 nitrogen and oxygen atoms in total. The van der Waals surface area contributed by atoms with Crippen LogP contribution in [0.25, 0.3) is 0 Å². The lowest BCUT2D eigenvalue weighted by atomic mass is 10.4. The minimum absolute atomic E-state index is 0.757. The maximum Gasteiger partial charge on any atom is 0.0593 e. The highest BCUT2D eigenvalue weighted by atomic mass is 32.1. The van der Waals surface area contributed by atoms with E-state index in [9.17, 15) is 0 Å². The second-order valence-corrected chi connectivity index (χ2v) is 3.59. The lowest BCUT2D eigenvalue weighted by molar-refractivity contribution is 0.107. The molecule has 0 aromatic carbocycles. The van der Waals surface area contributed by atoms with Gasteiger partial charge < -0.3 is 9.47 Å². The Hall–Kier alpha value is 0.230. The second-order valence-electron chi connectivity index (χ2n) is 3.14. The maximum atomic E-state index is 5.37. The van der Waals surface area contributed by atoms with Crippen molar-refractivity contribution in [3.8, 4) is 0 Å². The van der Waals surface area contributed by atoms with Gasteiger partial charge in [0.2, 0.25) is 0 Å². The van der Waals surface area contributed by atoms with Gasteiger partial charge in [0, 0.05) is 32.0 Å². The van der Waals surface area contributed by atoms with Crippen LogP contribution < -0.4 is 0 Å². The summed E-state index contributed by atoms with van der Waals surface area (Å²) in [4.78, 5) is 2.39. The predicted octanol–water partition coefficient (Wildman–Crippen LogP) is 0.655. The summed E-state index contributed by atoms with van der Waals surface area (Å²) in [5.74, 6) is 0.809. The molecule has 0 radical (unpaired) electrons. The highest BCUT2D eigenvalue weighted by Crippen LogP contribution is 1.98. The number of ether oxygens (including phenoxy) is 2. The van der Waals surface area contributed by atoms with Crippen molar-refractivity contribution in [2.45, 2.75) is 6.42 Å². The minimum atomic E-state index is 0.757. The average molecular weight is 205 g/mol. The largest absolute Gasteiger partial charge is 0.380 e. The van der Waals surface area contributed by atoms with E-state index in [1.807, 2.05) is 0 Å². The molecule has 4 heteroatoms. The standard InChI is InChI=1S/C9H19NO2S/c13-9-8-12-7-4-10-2-1-5-11-6-3-10/h13H,1-9H2. The van der Waals surface area contributed by atoms with Crippen LogP contribution in [0.3, 0.4) is 0 Å². The lowest BCUT2D eigenvalue weighted by Crippen LogP contribution is -2.30. The van der Waals surface area contributed by atoms with Crippen LogP contribution in [-0.4, -0.2) is 56.7 Å². The summed E-state index contributed by atoms with van der Waals surface area (Å²) in [7, 11) is 0. The Kier molecular flexibility index (Phi) is 6.62. The molecule has 0 aromatic heterocycles. The average Bonchev–Trinajstić information content (AvgIpc) is 2.41. The van der Waals surface area contributed by atoms with E-state index in [-0.39, 0.29) is 0 Å². The van der Waals surface area contributed by atoms with E-state index in [0.717, 1.165) is 58.2 Å². The Morgan fingerprint density at radius 2 is 2.15 bits per heavy atom. The summed E-state index contributed by atoms with van der Waals surface area (Å²) in [6.07, 6.45) is 1.15. The molecular weight excluding hydrogens is 186 g/mol. The van der Waals surface area contributed by atoms with E-state index in [2.05, 4.69) is 17.5 Å². The number of thiol groups is 1. The van der Waals surface area contributed by atoms with Crippen LogP contribution in [0, 0.1) is 0 Å². The molecule has 1 aliphatic heterocycles. The molecule has 0 aliphatic carbocycles. The molecule has 0 unspecified atom stereocenters. The van der Waals surface area contributed by atoms with Crippen LogP contribution in [0.1, 0.15) is 6.42 Å². The Morgan fingerprint density at radius 3 is 3.00 bits per heavy atom. The zero-order valence-corrected chi connectivity index (χ0v) is 8.97. The smallest absolute Gasteiger partial charge is 0.0593 e. The quantitative estimate of drug-likeness (QED) is 0.526. The molecule has 1 aliphatic rings. The first kappa shape index (κ1) is 11.3. The fourth-order valence-corrected chi connectivity index (χ4v) is 1.51. The van der Waals surface area contributed by atoms with Gasteiger partial charge in [0.1, 0.15) is 0 Å². The third kappa shape index (κ3) is 5.52. The summed E-state index contributed by atoms with van der Waals surface area (Å²) in [6.45, 7) is 6.57. The molecule has 0 spiro atoms. The Labute approximate surface area is 85.8 Å². The summed E-state index contributed by atoms with van der Waals surface area (Å²) in [5.41, 5.74) is 0. The lowest BCUT2D eigenvalue weighted by Gasteiger charge is -2.18. The third-order valence-electron chi connectivity index (χ3n) is 2.10. The summed E-state index contributed by atoms with van der Waals surface area (Å²) >= 11 is 4.08.